The van der Waals surface area contributed by atoms with Crippen LogP contribution in [0, 0.1) is 5.92 Å². The molecule has 0 aliphatic carbocycles. The zero-order valence-corrected chi connectivity index (χ0v) is 10.2. The maximum Gasteiger partial charge on any atom is 0.0593 e. The molecule has 0 aromatic carbocycles. The summed E-state index contributed by atoms with van der Waals surface area (Å²) in [6.45, 7) is 8.71. The molecule has 1 heterocycles. The van der Waals surface area contributed by atoms with E-state index in [2.05, 4.69) is 34.7 Å². The number of ether oxygens (including phenoxy) is 1. The number of hydrogen-bond acceptors (Lipinski definition) is 2. The summed E-state index contributed by atoms with van der Waals surface area (Å²) in [4.78, 5) is 2.54. The highest BCUT2D eigenvalue weighted by Gasteiger charge is 2.18. The van der Waals surface area contributed by atoms with Crippen LogP contribution in [0.15, 0.2) is 0 Å². The lowest BCUT2D eigenvalue weighted by Crippen LogP contribution is -2.37. The van der Waals surface area contributed by atoms with Crippen molar-refractivity contribution in [1.29, 1.82) is 0 Å². The first-order chi connectivity index (χ1) is 6.24. The Labute approximate surface area is 89.8 Å². The first-order valence-electron chi connectivity index (χ1n) is 5.11. The lowest BCUT2D eigenvalue weighted by Gasteiger charge is -2.28. The Balaban J connectivity index is 2.35. The van der Waals surface area contributed by atoms with Gasteiger partial charge in [-0.05, 0) is 19.3 Å². The molecule has 2 atom stereocenters. The Morgan fingerprint density at radius 3 is 3.00 bits per heavy atom. The molecular weight excluding hydrogens is 230 g/mol. The van der Waals surface area contributed by atoms with E-state index in [0.717, 1.165) is 31.0 Å². The fraction of sp³-hybridized carbons (Fsp3) is 1.00. The van der Waals surface area contributed by atoms with Crippen LogP contribution in [0.5, 0.6) is 0 Å². The number of hydrogen-bond donors (Lipinski definition) is 0. The second-order valence-corrected chi connectivity index (χ2v) is 4.65. The minimum Gasteiger partial charge on any atom is -0.380 e. The van der Waals surface area contributed by atoms with E-state index in [1.807, 2.05) is 0 Å². The molecule has 13 heavy (non-hydrogen) atoms. The SMILES string of the molecule is CC(CBr)CN1CCOCCC1C. The minimum absolute atomic E-state index is 0.684. The van der Waals surface area contributed by atoms with Gasteiger partial charge in [0.25, 0.3) is 0 Å². The smallest absolute Gasteiger partial charge is 0.0593 e. The summed E-state index contributed by atoms with van der Waals surface area (Å²) in [5.41, 5.74) is 0. The summed E-state index contributed by atoms with van der Waals surface area (Å²) < 4.78 is 5.46. The van der Waals surface area contributed by atoms with Crippen molar-refractivity contribution in [3.63, 3.8) is 0 Å². The number of nitrogens with zero attached hydrogens (tertiary/aromatic N) is 1. The lowest BCUT2D eigenvalue weighted by atomic mass is 10.1. The van der Waals surface area contributed by atoms with Crippen molar-refractivity contribution in [2.45, 2.75) is 26.3 Å². The molecule has 0 spiro atoms. The molecule has 0 aromatic rings. The van der Waals surface area contributed by atoms with Crippen molar-refractivity contribution in [2.24, 2.45) is 5.92 Å². The van der Waals surface area contributed by atoms with Crippen molar-refractivity contribution in [2.75, 3.05) is 31.6 Å². The van der Waals surface area contributed by atoms with Gasteiger partial charge in [0.2, 0.25) is 0 Å². The molecule has 0 radical (unpaired) electrons. The van der Waals surface area contributed by atoms with E-state index in [1.165, 1.54) is 13.0 Å². The minimum atomic E-state index is 0.684. The van der Waals surface area contributed by atoms with Crippen molar-refractivity contribution in [1.82, 2.24) is 4.90 Å². The first-order valence-corrected chi connectivity index (χ1v) is 6.24. The summed E-state index contributed by atoms with van der Waals surface area (Å²) in [5.74, 6) is 0.737. The molecule has 1 rings (SSSR count). The van der Waals surface area contributed by atoms with Gasteiger partial charge in [0.1, 0.15) is 0 Å². The molecule has 2 unspecified atom stereocenters. The van der Waals surface area contributed by atoms with Crippen LogP contribution in [0.3, 0.4) is 0 Å². The van der Waals surface area contributed by atoms with Gasteiger partial charge < -0.3 is 4.74 Å². The Morgan fingerprint density at radius 1 is 1.54 bits per heavy atom. The normalized spacial score (nSPS) is 28.4. The molecule has 1 aliphatic heterocycles. The van der Waals surface area contributed by atoms with Gasteiger partial charge in [-0.25, -0.2) is 0 Å². The van der Waals surface area contributed by atoms with Crippen LogP contribution in [-0.4, -0.2) is 42.6 Å². The Bertz CT molecular complexity index is 143. The highest BCUT2D eigenvalue weighted by molar-refractivity contribution is 9.09. The quantitative estimate of drug-likeness (QED) is 0.711. The van der Waals surface area contributed by atoms with Crippen LogP contribution < -0.4 is 0 Å². The van der Waals surface area contributed by atoms with Crippen LogP contribution in [0.1, 0.15) is 20.3 Å². The van der Waals surface area contributed by atoms with E-state index in [0.29, 0.717) is 6.04 Å². The topological polar surface area (TPSA) is 12.5 Å². The Kier molecular flexibility index (Phi) is 5.29. The molecular formula is C10H20BrNO. The van der Waals surface area contributed by atoms with Crippen LogP contribution in [0.4, 0.5) is 0 Å². The highest BCUT2D eigenvalue weighted by Crippen LogP contribution is 2.12. The maximum absolute atomic E-state index is 5.46. The van der Waals surface area contributed by atoms with Gasteiger partial charge in [-0.3, -0.25) is 4.90 Å². The van der Waals surface area contributed by atoms with E-state index in [4.69, 9.17) is 4.74 Å². The molecule has 0 amide bonds. The van der Waals surface area contributed by atoms with Gasteiger partial charge >= 0.3 is 0 Å². The third-order valence-electron chi connectivity index (χ3n) is 2.64. The molecule has 1 fully saturated rings. The fourth-order valence-electron chi connectivity index (χ4n) is 1.66. The molecule has 1 aliphatic rings. The van der Waals surface area contributed by atoms with E-state index in [1.54, 1.807) is 0 Å². The predicted molar refractivity (Wildman–Crippen MR) is 59.4 cm³/mol. The Hall–Kier alpha value is 0.400. The number of halogens is 1. The van der Waals surface area contributed by atoms with Gasteiger partial charge in [0.05, 0.1) is 6.61 Å². The average molecular weight is 250 g/mol. The second-order valence-electron chi connectivity index (χ2n) is 4.00. The lowest BCUT2D eigenvalue weighted by molar-refractivity contribution is 0.138. The zero-order valence-electron chi connectivity index (χ0n) is 8.63. The molecule has 0 aromatic heterocycles. The maximum atomic E-state index is 5.46. The average Bonchev–Trinajstić information content (AvgIpc) is 2.32. The van der Waals surface area contributed by atoms with Gasteiger partial charge in [0, 0.05) is 31.1 Å². The van der Waals surface area contributed by atoms with Crippen LogP contribution in [0.2, 0.25) is 0 Å². The summed E-state index contributed by atoms with van der Waals surface area (Å²) >= 11 is 3.52. The standard InChI is InChI=1S/C10H20BrNO/c1-9(7-11)8-12-4-6-13-5-3-10(12)2/h9-10H,3-8H2,1-2H3. The van der Waals surface area contributed by atoms with Crippen molar-refractivity contribution in [3.05, 3.63) is 0 Å². The summed E-state index contributed by atoms with van der Waals surface area (Å²) in [5, 5.41) is 1.09. The predicted octanol–water partition coefficient (Wildman–Crippen LogP) is 2.13. The fourth-order valence-corrected chi connectivity index (χ4v) is 1.87. The van der Waals surface area contributed by atoms with E-state index in [-0.39, 0.29) is 0 Å². The van der Waals surface area contributed by atoms with Gasteiger partial charge in [0.15, 0.2) is 0 Å². The van der Waals surface area contributed by atoms with Gasteiger partial charge in [-0.15, -0.1) is 0 Å². The molecule has 0 N–H and O–H groups in total. The monoisotopic (exact) mass is 249 g/mol. The Morgan fingerprint density at radius 2 is 2.31 bits per heavy atom. The highest BCUT2D eigenvalue weighted by atomic mass is 79.9. The summed E-state index contributed by atoms with van der Waals surface area (Å²) in [6, 6.07) is 0.684. The molecule has 1 saturated heterocycles. The van der Waals surface area contributed by atoms with Crippen molar-refractivity contribution in [3.8, 4) is 0 Å². The van der Waals surface area contributed by atoms with E-state index >= 15 is 0 Å². The van der Waals surface area contributed by atoms with Crippen molar-refractivity contribution < 1.29 is 4.74 Å². The summed E-state index contributed by atoms with van der Waals surface area (Å²) in [7, 11) is 0. The third kappa shape index (κ3) is 3.96. The molecule has 2 nitrogen and oxygen atoms in total. The van der Waals surface area contributed by atoms with Crippen LogP contribution >= 0.6 is 15.9 Å². The number of rotatable bonds is 3. The first kappa shape index (κ1) is 11.5. The van der Waals surface area contributed by atoms with E-state index < -0.39 is 0 Å². The molecule has 3 heteroatoms. The van der Waals surface area contributed by atoms with Crippen LogP contribution in [-0.2, 0) is 4.74 Å². The zero-order chi connectivity index (χ0) is 9.68. The van der Waals surface area contributed by atoms with E-state index in [9.17, 15) is 0 Å². The largest absolute Gasteiger partial charge is 0.380 e. The molecule has 78 valence electrons. The second kappa shape index (κ2) is 5.99. The van der Waals surface area contributed by atoms with Gasteiger partial charge in [-0.1, -0.05) is 22.9 Å². The third-order valence-corrected chi connectivity index (χ3v) is 3.74. The molecule has 0 saturated carbocycles. The van der Waals surface area contributed by atoms with Crippen molar-refractivity contribution >= 4 is 15.9 Å². The summed E-state index contributed by atoms with van der Waals surface area (Å²) in [6.07, 6.45) is 1.18. The molecule has 0 bridgehead atoms. The van der Waals surface area contributed by atoms with Gasteiger partial charge in [-0.2, -0.15) is 0 Å². The van der Waals surface area contributed by atoms with Crippen LogP contribution in [0.25, 0.3) is 0 Å². The number of alkyl halides is 1.